The minimum Gasteiger partial charge on any atom is -0.396 e. The molecule has 1 fully saturated rings. The zero-order valence-corrected chi connectivity index (χ0v) is 10.1. The Labute approximate surface area is 95.4 Å². The molecule has 0 bridgehead atoms. The van der Waals surface area contributed by atoms with Gasteiger partial charge in [0.25, 0.3) is 0 Å². The van der Waals surface area contributed by atoms with Crippen LogP contribution in [0.5, 0.6) is 0 Å². The van der Waals surface area contributed by atoms with Crippen molar-refractivity contribution in [3.8, 4) is 0 Å². The summed E-state index contributed by atoms with van der Waals surface area (Å²) < 4.78 is 5.21. The third kappa shape index (κ3) is 2.41. The quantitative estimate of drug-likeness (QED) is 0.824. The van der Waals surface area contributed by atoms with Gasteiger partial charge in [0.1, 0.15) is 0 Å². The van der Waals surface area contributed by atoms with E-state index in [-0.39, 0.29) is 12.0 Å². The second-order valence-corrected chi connectivity index (χ2v) is 5.51. The summed E-state index contributed by atoms with van der Waals surface area (Å²) in [5, 5.41) is 12.9. The molecule has 0 unspecified atom stereocenters. The fourth-order valence-corrected chi connectivity index (χ4v) is 1.74. The van der Waals surface area contributed by atoms with Crippen molar-refractivity contribution in [3.63, 3.8) is 0 Å². The van der Waals surface area contributed by atoms with Gasteiger partial charge < -0.3 is 9.63 Å². The third-order valence-corrected chi connectivity index (χ3v) is 2.77. The normalized spacial score (nSPS) is 18.8. The van der Waals surface area contributed by atoms with Gasteiger partial charge in [-0.25, -0.2) is 0 Å². The van der Waals surface area contributed by atoms with Crippen molar-refractivity contribution >= 4 is 0 Å². The summed E-state index contributed by atoms with van der Waals surface area (Å²) in [5.74, 6) is 1.84. The number of hydrogen-bond acceptors (Lipinski definition) is 5. The maximum Gasteiger partial charge on any atom is 0.232 e. The Hall–Kier alpha value is -0.940. The Morgan fingerprint density at radius 3 is 2.62 bits per heavy atom. The minimum atomic E-state index is -0.0895. The summed E-state index contributed by atoms with van der Waals surface area (Å²) >= 11 is 0. The number of aromatic nitrogens is 2. The van der Waals surface area contributed by atoms with Crippen LogP contribution in [0.2, 0.25) is 0 Å². The number of likely N-dealkylation sites (tertiary alicyclic amines) is 1. The van der Waals surface area contributed by atoms with Crippen molar-refractivity contribution in [1.29, 1.82) is 0 Å². The van der Waals surface area contributed by atoms with E-state index in [1.54, 1.807) is 0 Å². The highest BCUT2D eigenvalue weighted by atomic mass is 16.5. The summed E-state index contributed by atoms with van der Waals surface area (Å²) in [7, 11) is 0. The van der Waals surface area contributed by atoms with E-state index < -0.39 is 0 Å². The van der Waals surface area contributed by atoms with E-state index in [1.165, 1.54) is 0 Å². The molecule has 0 amide bonds. The Bertz CT molecular complexity index is 350. The Kier molecular flexibility index (Phi) is 2.99. The molecule has 0 aromatic carbocycles. The number of rotatable bonds is 3. The van der Waals surface area contributed by atoms with Crippen LogP contribution in [0.15, 0.2) is 4.52 Å². The van der Waals surface area contributed by atoms with Crippen molar-refractivity contribution in [2.75, 3.05) is 19.7 Å². The molecular weight excluding hydrogens is 206 g/mol. The smallest absolute Gasteiger partial charge is 0.232 e. The van der Waals surface area contributed by atoms with Gasteiger partial charge in [-0.3, -0.25) is 4.90 Å². The van der Waals surface area contributed by atoms with Crippen LogP contribution in [0, 0.1) is 5.92 Å². The zero-order valence-electron chi connectivity index (χ0n) is 10.1. The first-order valence-corrected chi connectivity index (χ1v) is 5.65. The molecule has 1 saturated heterocycles. The van der Waals surface area contributed by atoms with Gasteiger partial charge in [0.2, 0.25) is 5.89 Å². The summed E-state index contributed by atoms with van der Waals surface area (Å²) in [6.45, 7) is 9.00. The van der Waals surface area contributed by atoms with Crippen molar-refractivity contribution in [3.05, 3.63) is 11.7 Å². The van der Waals surface area contributed by atoms with E-state index in [4.69, 9.17) is 9.63 Å². The predicted molar refractivity (Wildman–Crippen MR) is 58.9 cm³/mol. The maximum atomic E-state index is 8.90. The van der Waals surface area contributed by atoms with Crippen LogP contribution < -0.4 is 0 Å². The molecule has 0 radical (unpaired) electrons. The molecule has 2 rings (SSSR count). The molecule has 0 atom stereocenters. The maximum absolute atomic E-state index is 8.90. The molecule has 1 aliphatic rings. The van der Waals surface area contributed by atoms with Gasteiger partial charge in [0, 0.05) is 31.0 Å². The third-order valence-electron chi connectivity index (χ3n) is 2.77. The predicted octanol–water partition coefficient (Wildman–Crippen LogP) is 0.791. The lowest BCUT2D eigenvalue weighted by atomic mass is 9.97. The SMILES string of the molecule is CC(C)(C)c1nc(CN2CC(CO)C2)no1. The van der Waals surface area contributed by atoms with E-state index in [0.29, 0.717) is 11.8 Å². The molecule has 2 heterocycles. The summed E-state index contributed by atoms with van der Waals surface area (Å²) in [6.07, 6.45) is 0. The largest absolute Gasteiger partial charge is 0.396 e. The van der Waals surface area contributed by atoms with Crippen LogP contribution in [0.25, 0.3) is 0 Å². The second-order valence-electron chi connectivity index (χ2n) is 5.51. The Morgan fingerprint density at radius 2 is 2.12 bits per heavy atom. The Balaban J connectivity index is 1.89. The van der Waals surface area contributed by atoms with Crippen LogP contribution in [0.3, 0.4) is 0 Å². The Morgan fingerprint density at radius 1 is 1.44 bits per heavy atom. The topological polar surface area (TPSA) is 62.4 Å². The summed E-state index contributed by atoms with van der Waals surface area (Å²) in [4.78, 5) is 6.58. The fraction of sp³-hybridized carbons (Fsp3) is 0.818. The van der Waals surface area contributed by atoms with Crippen LogP contribution in [0.1, 0.15) is 32.5 Å². The van der Waals surface area contributed by atoms with Crippen LogP contribution in [-0.4, -0.2) is 39.8 Å². The average Bonchev–Trinajstić information content (AvgIpc) is 2.57. The number of aliphatic hydroxyl groups is 1. The molecule has 0 saturated carbocycles. The van der Waals surface area contributed by atoms with Crippen molar-refractivity contribution in [2.24, 2.45) is 5.92 Å². The molecule has 0 spiro atoms. The van der Waals surface area contributed by atoms with E-state index in [1.807, 2.05) is 0 Å². The monoisotopic (exact) mass is 225 g/mol. The molecular formula is C11H19N3O2. The van der Waals surface area contributed by atoms with Crippen LogP contribution in [-0.2, 0) is 12.0 Å². The van der Waals surface area contributed by atoms with E-state index >= 15 is 0 Å². The lowest BCUT2D eigenvalue weighted by molar-refractivity contribution is 0.0454. The minimum absolute atomic E-state index is 0.0895. The highest BCUT2D eigenvalue weighted by Crippen LogP contribution is 2.21. The van der Waals surface area contributed by atoms with E-state index in [2.05, 4.69) is 35.8 Å². The first kappa shape index (κ1) is 11.5. The molecule has 5 heteroatoms. The van der Waals surface area contributed by atoms with E-state index in [0.717, 1.165) is 25.5 Å². The fourth-order valence-electron chi connectivity index (χ4n) is 1.74. The molecule has 1 aromatic rings. The van der Waals surface area contributed by atoms with Crippen molar-refractivity contribution in [1.82, 2.24) is 15.0 Å². The van der Waals surface area contributed by atoms with Gasteiger partial charge in [0.05, 0.1) is 6.54 Å². The highest BCUT2D eigenvalue weighted by Gasteiger charge is 2.28. The number of aliphatic hydroxyl groups excluding tert-OH is 1. The summed E-state index contributed by atoms with van der Waals surface area (Å²) in [6, 6.07) is 0. The lowest BCUT2D eigenvalue weighted by Gasteiger charge is -2.37. The molecule has 0 aliphatic carbocycles. The van der Waals surface area contributed by atoms with Gasteiger partial charge >= 0.3 is 0 Å². The molecule has 1 aromatic heterocycles. The first-order chi connectivity index (χ1) is 7.49. The lowest BCUT2D eigenvalue weighted by Crippen LogP contribution is -2.47. The summed E-state index contributed by atoms with van der Waals surface area (Å²) in [5.41, 5.74) is -0.0895. The highest BCUT2D eigenvalue weighted by molar-refractivity contribution is 4.98. The van der Waals surface area contributed by atoms with Gasteiger partial charge in [-0.2, -0.15) is 4.98 Å². The number of nitrogens with zero attached hydrogens (tertiary/aromatic N) is 3. The molecule has 1 aliphatic heterocycles. The number of hydrogen-bond donors (Lipinski definition) is 1. The van der Waals surface area contributed by atoms with Crippen LogP contribution in [0.4, 0.5) is 0 Å². The van der Waals surface area contributed by atoms with Gasteiger partial charge in [0.15, 0.2) is 5.82 Å². The van der Waals surface area contributed by atoms with Gasteiger partial charge in [-0.05, 0) is 0 Å². The standard InChI is InChI=1S/C11H19N3O2/c1-11(2,3)10-12-9(13-16-10)6-14-4-8(5-14)7-15/h8,15H,4-7H2,1-3H3. The molecule has 90 valence electrons. The molecule has 16 heavy (non-hydrogen) atoms. The average molecular weight is 225 g/mol. The zero-order chi connectivity index (χ0) is 11.8. The van der Waals surface area contributed by atoms with E-state index in [9.17, 15) is 0 Å². The van der Waals surface area contributed by atoms with Crippen molar-refractivity contribution in [2.45, 2.75) is 32.7 Å². The van der Waals surface area contributed by atoms with Gasteiger partial charge in [-0.1, -0.05) is 25.9 Å². The first-order valence-electron chi connectivity index (χ1n) is 5.65. The van der Waals surface area contributed by atoms with Crippen LogP contribution >= 0.6 is 0 Å². The molecule has 5 nitrogen and oxygen atoms in total. The second kappa shape index (κ2) is 4.14. The van der Waals surface area contributed by atoms with Crippen molar-refractivity contribution < 1.29 is 9.63 Å². The van der Waals surface area contributed by atoms with Gasteiger partial charge in [-0.15, -0.1) is 0 Å². The molecule has 1 N–H and O–H groups in total.